The average Bonchev–Trinajstić information content (AvgIpc) is 3.04. The van der Waals surface area contributed by atoms with Gasteiger partial charge >= 0.3 is 0 Å². The minimum absolute atomic E-state index is 0.547. The fraction of sp³-hybridized carbons (Fsp3) is 0.417. The van der Waals surface area contributed by atoms with Crippen molar-refractivity contribution in [2.75, 3.05) is 32.9 Å². The third-order valence-electron chi connectivity index (χ3n) is 4.99. The second-order valence-corrected chi connectivity index (χ2v) is 6.97. The number of pyridine rings is 1. The molecule has 0 radical (unpaired) electrons. The first kappa shape index (κ1) is 21.2. The van der Waals surface area contributed by atoms with E-state index in [4.69, 9.17) is 9.47 Å². The molecule has 4 rings (SSSR count). The Bertz CT molecular complexity index is 896. The number of ether oxygens (including phenoxy) is 2. The van der Waals surface area contributed by atoms with Gasteiger partial charge in [0.15, 0.2) is 0 Å². The highest BCUT2D eigenvalue weighted by atomic mass is 16.5. The molecular formula is C24H31N3O2. The number of allylic oxidation sites excluding steroid dienone is 2. The highest BCUT2D eigenvalue weighted by Crippen LogP contribution is 2.32. The molecule has 0 atom stereocenters. The summed E-state index contributed by atoms with van der Waals surface area (Å²) in [5.41, 5.74) is 4.57. The topological polar surface area (TPSA) is 47.0 Å². The second kappa shape index (κ2) is 10.9. The number of fused-ring (bicyclic) bond motifs is 1. The van der Waals surface area contributed by atoms with E-state index in [1.54, 1.807) is 0 Å². The van der Waals surface area contributed by atoms with E-state index in [2.05, 4.69) is 33.9 Å². The Kier molecular flexibility index (Phi) is 7.96. The molecule has 1 aromatic heterocycles. The Labute approximate surface area is 173 Å². The van der Waals surface area contributed by atoms with Crippen LogP contribution < -0.4 is 4.74 Å². The van der Waals surface area contributed by atoms with Gasteiger partial charge in [-0.2, -0.15) is 0 Å². The van der Waals surface area contributed by atoms with Crippen LogP contribution in [0.25, 0.3) is 10.9 Å². The van der Waals surface area contributed by atoms with Gasteiger partial charge in [0.25, 0.3) is 0 Å². The predicted molar refractivity (Wildman–Crippen MR) is 120 cm³/mol. The molecule has 0 bridgehead atoms. The Morgan fingerprint density at radius 3 is 2.86 bits per heavy atom. The number of aliphatic imine (C=N–C) groups is 1. The fourth-order valence-corrected chi connectivity index (χ4v) is 3.55. The molecule has 0 amide bonds. The first-order valence-corrected chi connectivity index (χ1v) is 10.5. The largest absolute Gasteiger partial charge is 0.487 e. The summed E-state index contributed by atoms with van der Waals surface area (Å²) in [7, 11) is 0. The number of benzene rings is 1. The molecule has 1 aromatic carbocycles. The number of nitrogens with zero attached hydrogens (tertiary/aromatic N) is 3. The van der Waals surface area contributed by atoms with Gasteiger partial charge in [-0.3, -0.25) is 14.9 Å². The van der Waals surface area contributed by atoms with E-state index in [0.717, 1.165) is 56.1 Å². The molecule has 3 heterocycles. The van der Waals surface area contributed by atoms with Crippen LogP contribution in [0.3, 0.4) is 0 Å². The quantitative estimate of drug-likeness (QED) is 0.739. The Balaban J connectivity index is 0.00000117. The smallest absolute Gasteiger partial charge is 0.148 e. The minimum atomic E-state index is 0.547. The van der Waals surface area contributed by atoms with Crippen LogP contribution in [0.15, 0.2) is 53.3 Å². The molecule has 2 aliphatic rings. The van der Waals surface area contributed by atoms with E-state index in [9.17, 15) is 0 Å². The monoisotopic (exact) mass is 393 g/mol. The van der Waals surface area contributed by atoms with Crippen LogP contribution >= 0.6 is 0 Å². The zero-order valence-electron chi connectivity index (χ0n) is 17.7. The lowest BCUT2D eigenvalue weighted by molar-refractivity contribution is 0.0343. The third kappa shape index (κ3) is 5.52. The summed E-state index contributed by atoms with van der Waals surface area (Å²) < 4.78 is 11.7. The first-order chi connectivity index (χ1) is 14.3. The number of hydrogen-bond donors (Lipinski definition) is 0. The van der Waals surface area contributed by atoms with Crippen molar-refractivity contribution in [2.45, 2.75) is 33.7 Å². The molecule has 29 heavy (non-hydrogen) atoms. The summed E-state index contributed by atoms with van der Waals surface area (Å²) in [4.78, 5) is 11.2. The van der Waals surface area contributed by atoms with Crippen LogP contribution in [0.2, 0.25) is 0 Å². The van der Waals surface area contributed by atoms with Crippen LogP contribution in [0.4, 0.5) is 0 Å². The molecular weight excluding hydrogens is 362 g/mol. The lowest BCUT2D eigenvalue weighted by atomic mass is 10.0. The number of aromatic nitrogens is 1. The average molecular weight is 394 g/mol. The van der Waals surface area contributed by atoms with Gasteiger partial charge in [-0.05, 0) is 42.2 Å². The van der Waals surface area contributed by atoms with E-state index in [-0.39, 0.29) is 0 Å². The van der Waals surface area contributed by atoms with Crippen molar-refractivity contribution < 1.29 is 9.47 Å². The summed E-state index contributed by atoms with van der Waals surface area (Å²) in [6.07, 6.45) is 10.4. The van der Waals surface area contributed by atoms with E-state index in [1.165, 1.54) is 16.5 Å². The number of morpholine rings is 1. The first-order valence-electron chi connectivity index (χ1n) is 10.5. The highest BCUT2D eigenvalue weighted by molar-refractivity contribution is 5.88. The second-order valence-electron chi connectivity index (χ2n) is 6.97. The van der Waals surface area contributed by atoms with Crippen LogP contribution in [-0.4, -0.2) is 49.0 Å². The van der Waals surface area contributed by atoms with Crippen molar-refractivity contribution >= 4 is 17.1 Å². The normalized spacial score (nSPS) is 16.7. The number of rotatable bonds is 5. The summed E-state index contributed by atoms with van der Waals surface area (Å²) >= 11 is 0. The molecule has 0 saturated carbocycles. The SMILES string of the molecule is CC.Cc1cc(CN2CCOCC2)c2cccnc2c1OCC1=CC=NC=CC1. The van der Waals surface area contributed by atoms with Gasteiger partial charge in [0.05, 0.1) is 13.2 Å². The van der Waals surface area contributed by atoms with Crippen molar-refractivity contribution in [3.63, 3.8) is 0 Å². The Morgan fingerprint density at radius 2 is 2.03 bits per heavy atom. The van der Waals surface area contributed by atoms with Crippen LogP contribution in [0.1, 0.15) is 31.4 Å². The molecule has 1 saturated heterocycles. The van der Waals surface area contributed by atoms with Crippen LogP contribution in [-0.2, 0) is 11.3 Å². The van der Waals surface area contributed by atoms with Crippen molar-refractivity contribution in [3.8, 4) is 5.75 Å². The zero-order chi connectivity index (χ0) is 20.5. The summed E-state index contributed by atoms with van der Waals surface area (Å²) in [5.74, 6) is 0.877. The highest BCUT2D eigenvalue weighted by Gasteiger charge is 2.16. The number of hydrogen-bond acceptors (Lipinski definition) is 5. The van der Waals surface area contributed by atoms with Gasteiger partial charge in [0, 0.05) is 43.6 Å². The Hall–Kier alpha value is -2.50. The van der Waals surface area contributed by atoms with E-state index < -0.39 is 0 Å². The third-order valence-corrected chi connectivity index (χ3v) is 4.99. The van der Waals surface area contributed by atoms with Gasteiger partial charge in [-0.1, -0.05) is 32.1 Å². The van der Waals surface area contributed by atoms with Gasteiger partial charge in [0.2, 0.25) is 0 Å². The van der Waals surface area contributed by atoms with E-state index in [0.29, 0.717) is 6.61 Å². The summed E-state index contributed by atoms with van der Waals surface area (Å²) in [5, 5.41) is 1.17. The lowest BCUT2D eigenvalue weighted by Gasteiger charge is -2.27. The zero-order valence-corrected chi connectivity index (χ0v) is 17.7. The summed E-state index contributed by atoms with van der Waals surface area (Å²) in [6.45, 7) is 11.1. The van der Waals surface area contributed by atoms with Crippen molar-refractivity contribution in [1.29, 1.82) is 0 Å². The standard InChI is InChI=1S/C22H25N3O2.C2H6/c1-17-14-19(15-25-10-12-26-13-11-25)20-5-3-8-24-21(20)22(17)27-16-18-4-2-7-23-9-6-18;1-2/h2-3,5-9,14H,4,10-13,15-16H2,1H3;1-2H3. The maximum Gasteiger partial charge on any atom is 0.148 e. The summed E-state index contributed by atoms with van der Waals surface area (Å²) in [6, 6.07) is 6.39. The fourth-order valence-electron chi connectivity index (χ4n) is 3.55. The molecule has 0 aliphatic carbocycles. The molecule has 5 heteroatoms. The molecule has 0 spiro atoms. The number of aryl methyl sites for hydroxylation is 1. The molecule has 5 nitrogen and oxygen atoms in total. The molecule has 1 fully saturated rings. The van der Waals surface area contributed by atoms with Crippen molar-refractivity contribution in [3.05, 3.63) is 59.4 Å². The molecule has 0 unspecified atom stereocenters. The maximum absolute atomic E-state index is 6.23. The maximum atomic E-state index is 6.23. The minimum Gasteiger partial charge on any atom is -0.487 e. The van der Waals surface area contributed by atoms with Crippen molar-refractivity contribution in [1.82, 2.24) is 9.88 Å². The van der Waals surface area contributed by atoms with Gasteiger partial charge in [-0.25, -0.2) is 0 Å². The van der Waals surface area contributed by atoms with Crippen LogP contribution in [0, 0.1) is 6.92 Å². The molecule has 0 N–H and O–H groups in total. The van der Waals surface area contributed by atoms with E-state index >= 15 is 0 Å². The van der Waals surface area contributed by atoms with Crippen LogP contribution in [0.5, 0.6) is 5.75 Å². The molecule has 154 valence electrons. The predicted octanol–water partition coefficient (Wildman–Crippen LogP) is 4.70. The molecule has 2 aromatic rings. The van der Waals surface area contributed by atoms with Gasteiger partial charge in [-0.15, -0.1) is 0 Å². The van der Waals surface area contributed by atoms with Crippen molar-refractivity contribution in [2.24, 2.45) is 4.99 Å². The lowest BCUT2D eigenvalue weighted by Crippen LogP contribution is -2.35. The van der Waals surface area contributed by atoms with Gasteiger partial charge < -0.3 is 9.47 Å². The molecule has 2 aliphatic heterocycles. The van der Waals surface area contributed by atoms with Gasteiger partial charge in [0.1, 0.15) is 17.9 Å². The Morgan fingerprint density at radius 1 is 1.21 bits per heavy atom. The van der Waals surface area contributed by atoms with E-state index in [1.807, 2.05) is 50.7 Å².